The number of nitrogens with zero attached hydrogens (tertiary/aromatic N) is 1. The van der Waals surface area contributed by atoms with Gasteiger partial charge in [-0.3, -0.25) is 9.69 Å². The minimum absolute atomic E-state index is 0.0207. The molecule has 0 aliphatic carbocycles. The second-order valence-corrected chi connectivity index (χ2v) is 4.99. The lowest BCUT2D eigenvalue weighted by Gasteiger charge is -2.34. The van der Waals surface area contributed by atoms with Crippen molar-refractivity contribution >= 4 is 5.97 Å². The Hall–Kier alpha value is -1.49. The highest BCUT2D eigenvalue weighted by Gasteiger charge is 2.26. The molecule has 0 aromatic heterocycles. The molecule has 0 aliphatic rings. The molecular formula is C13H17F2NO2. The van der Waals surface area contributed by atoms with E-state index in [0.29, 0.717) is 12.1 Å². The van der Waals surface area contributed by atoms with E-state index in [-0.39, 0.29) is 6.42 Å². The maximum atomic E-state index is 13.0. The van der Waals surface area contributed by atoms with Crippen molar-refractivity contribution in [2.24, 2.45) is 0 Å². The van der Waals surface area contributed by atoms with Crippen molar-refractivity contribution in [3.05, 3.63) is 35.4 Å². The van der Waals surface area contributed by atoms with Gasteiger partial charge in [-0.05, 0) is 38.6 Å². The largest absolute Gasteiger partial charge is 0.481 e. The van der Waals surface area contributed by atoms with Gasteiger partial charge in [-0.1, -0.05) is 6.07 Å². The number of benzene rings is 1. The second-order valence-electron chi connectivity index (χ2n) is 4.99. The normalized spacial score (nSPS) is 11.9. The number of rotatable bonds is 5. The van der Waals surface area contributed by atoms with Gasteiger partial charge >= 0.3 is 5.97 Å². The van der Waals surface area contributed by atoms with Gasteiger partial charge in [0.1, 0.15) is 0 Å². The fourth-order valence-corrected chi connectivity index (χ4v) is 1.63. The lowest BCUT2D eigenvalue weighted by atomic mass is 9.98. The molecule has 18 heavy (non-hydrogen) atoms. The van der Waals surface area contributed by atoms with E-state index in [0.717, 1.165) is 12.1 Å². The quantitative estimate of drug-likeness (QED) is 0.881. The Labute approximate surface area is 105 Å². The fourth-order valence-electron chi connectivity index (χ4n) is 1.63. The predicted molar refractivity (Wildman–Crippen MR) is 64.2 cm³/mol. The van der Waals surface area contributed by atoms with E-state index in [2.05, 4.69) is 0 Å². The Kier molecular flexibility index (Phi) is 4.40. The Morgan fingerprint density at radius 3 is 2.44 bits per heavy atom. The molecule has 1 rings (SSSR count). The molecule has 0 fully saturated rings. The first-order valence-electron chi connectivity index (χ1n) is 5.59. The van der Waals surface area contributed by atoms with Gasteiger partial charge in [-0.25, -0.2) is 8.78 Å². The summed E-state index contributed by atoms with van der Waals surface area (Å²) in [6, 6.07) is 3.69. The SMILES string of the molecule is CN(Cc1ccc(F)c(F)c1)C(C)(C)CC(=O)O. The number of carbonyl (C=O) groups is 1. The standard InChI is InChI=1S/C13H17F2NO2/c1-13(2,7-12(17)18)16(3)8-9-4-5-10(14)11(15)6-9/h4-6H,7-8H2,1-3H3,(H,17,18). The van der Waals surface area contributed by atoms with Crippen LogP contribution in [0.4, 0.5) is 8.78 Å². The molecule has 0 amide bonds. The van der Waals surface area contributed by atoms with E-state index in [9.17, 15) is 13.6 Å². The van der Waals surface area contributed by atoms with Crippen molar-refractivity contribution in [2.45, 2.75) is 32.4 Å². The molecule has 0 bridgehead atoms. The lowest BCUT2D eigenvalue weighted by Crippen LogP contribution is -2.42. The molecule has 0 spiro atoms. The number of carboxylic acid groups (broad SMARTS) is 1. The fraction of sp³-hybridized carbons (Fsp3) is 0.462. The maximum Gasteiger partial charge on any atom is 0.305 e. The average molecular weight is 257 g/mol. The molecular weight excluding hydrogens is 240 g/mol. The minimum atomic E-state index is -0.892. The van der Waals surface area contributed by atoms with Gasteiger partial charge in [0.2, 0.25) is 0 Å². The van der Waals surface area contributed by atoms with Crippen molar-refractivity contribution in [3.63, 3.8) is 0 Å². The molecule has 3 nitrogen and oxygen atoms in total. The summed E-state index contributed by atoms with van der Waals surface area (Å²) >= 11 is 0. The number of hydrogen-bond acceptors (Lipinski definition) is 2. The van der Waals surface area contributed by atoms with Gasteiger partial charge in [0.15, 0.2) is 11.6 Å². The van der Waals surface area contributed by atoms with E-state index in [1.807, 2.05) is 0 Å². The summed E-state index contributed by atoms with van der Waals surface area (Å²) in [4.78, 5) is 12.5. The Morgan fingerprint density at radius 1 is 1.33 bits per heavy atom. The van der Waals surface area contributed by atoms with Crippen LogP contribution in [0.2, 0.25) is 0 Å². The third-order valence-electron chi connectivity index (χ3n) is 3.02. The van der Waals surface area contributed by atoms with Crippen molar-refractivity contribution in [3.8, 4) is 0 Å². The first-order chi connectivity index (χ1) is 8.22. The number of carboxylic acids is 1. The van der Waals surface area contributed by atoms with E-state index < -0.39 is 23.1 Å². The molecule has 0 unspecified atom stereocenters. The molecule has 1 aromatic rings. The molecule has 0 aliphatic heterocycles. The van der Waals surface area contributed by atoms with Gasteiger partial charge in [0, 0.05) is 12.1 Å². The van der Waals surface area contributed by atoms with E-state index in [4.69, 9.17) is 5.11 Å². The van der Waals surface area contributed by atoms with E-state index in [1.54, 1.807) is 25.8 Å². The van der Waals surface area contributed by atoms with Gasteiger partial charge < -0.3 is 5.11 Å². The first-order valence-corrected chi connectivity index (χ1v) is 5.59. The molecule has 0 saturated carbocycles. The van der Waals surface area contributed by atoms with Crippen LogP contribution in [0.1, 0.15) is 25.8 Å². The molecule has 1 aromatic carbocycles. The van der Waals surface area contributed by atoms with Crippen LogP contribution < -0.4 is 0 Å². The zero-order valence-corrected chi connectivity index (χ0v) is 10.7. The topological polar surface area (TPSA) is 40.5 Å². The summed E-state index contributed by atoms with van der Waals surface area (Å²) in [5.41, 5.74) is 0.0475. The van der Waals surface area contributed by atoms with Crippen molar-refractivity contribution < 1.29 is 18.7 Å². The van der Waals surface area contributed by atoms with Crippen LogP contribution >= 0.6 is 0 Å². The average Bonchev–Trinajstić information content (AvgIpc) is 2.21. The van der Waals surface area contributed by atoms with Crippen LogP contribution in [0.3, 0.4) is 0 Å². The van der Waals surface area contributed by atoms with Crippen LogP contribution in [-0.2, 0) is 11.3 Å². The molecule has 1 N–H and O–H groups in total. The summed E-state index contributed by atoms with van der Waals surface area (Å²) < 4.78 is 25.8. The van der Waals surface area contributed by atoms with Crippen molar-refractivity contribution in [1.82, 2.24) is 4.90 Å². The monoisotopic (exact) mass is 257 g/mol. The smallest absolute Gasteiger partial charge is 0.305 e. The van der Waals surface area contributed by atoms with Crippen molar-refractivity contribution in [2.75, 3.05) is 7.05 Å². The Bertz CT molecular complexity index is 447. The van der Waals surface area contributed by atoms with Gasteiger partial charge in [0.05, 0.1) is 6.42 Å². The van der Waals surface area contributed by atoms with Crippen LogP contribution in [-0.4, -0.2) is 28.6 Å². The van der Waals surface area contributed by atoms with Gasteiger partial charge in [0.25, 0.3) is 0 Å². The second kappa shape index (κ2) is 5.44. The highest BCUT2D eigenvalue weighted by atomic mass is 19.2. The van der Waals surface area contributed by atoms with Crippen LogP contribution in [0.15, 0.2) is 18.2 Å². The lowest BCUT2D eigenvalue weighted by molar-refractivity contribution is -0.139. The third-order valence-corrected chi connectivity index (χ3v) is 3.02. The Balaban J connectivity index is 2.77. The minimum Gasteiger partial charge on any atom is -0.481 e. The summed E-state index contributed by atoms with van der Waals surface area (Å²) in [5, 5.41) is 8.81. The molecule has 0 heterocycles. The maximum absolute atomic E-state index is 13.0. The van der Waals surface area contributed by atoms with E-state index >= 15 is 0 Å². The zero-order valence-electron chi connectivity index (χ0n) is 10.7. The third kappa shape index (κ3) is 3.77. The number of halogens is 2. The first kappa shape index (κ1) is 14.6. The molecule has 0 saturated heterocycles. The van der Waals surface area contributed by atoms with E-state index in [1.165, 1.54) is 6.07 Å². The molecule has 0 radical (unpaired) electrons. The summed E-state index contributed by atoms with van der Waals surface area (Å²) in [6.07, 6.45) is -0.0207. The number of hydrogen-bond donors (Lipinski definition) is 1. The van der Waals surface area contributed by atoms with Crippen LogP contribution in [0.5, 0.6) is 0 Å². The zero-order chi connectivity index (χ0) is 13.9. The van der Waals surface area contributed by atoms with Gasteiger partial charge in [-0.15, -0.1) is 0 Å². The van der Waals surface area contributed by atoms with Crippen LogP contribution in [0, 0.1) is 11.6 Å². The molecule has 5 heteroatoms. The van der Waals surface area contributed by atoms with Gasteiger partial charge in [-0.2, -0.15) is 0 Å². The Morgan fingerprint density at radius 2 is 1.94 bits per heavy atom. The summed E-state index contributed by atoms with van der Waals surface area (Å²) in [5.74, 6) is -2.67. The van der Waals surface area contributed by atoms with Crippen LogP contribution in [0.25, 0.3) is 0 Å². The predicted octanol–water partition coefficient (Wildman–Crippen LogP) is 2.65. The summed E-state index contributed by atoms with van der Waals surface area (Å²) in [7, 11) is 1.75. The molecule has 0 atom stereocenters. The highest BCUT2D eigenvalue weighted by Crippen LogP contribution is 2.20. The summed E-state index contributed by atoms with van der Waals surface area (Å²) in [6.45, 7) is 3.94. The highest BCUT2D eigenvalue weighted by molar-refractivity contribution is 5.68. The van der Waals surface area contributed by atoms with Crippen molar-refractivity contribution in [1.29, 1.82) is 0 Å². The number of aliphatic carboxylic acids is 1. The molecule has 100 valence electrons.